The fourth-order valence-corrected chi connectivity index (χ4v) is 3.50. The van der Waals surface area contributed by atoms with Crippen LogP contribution in [0.4, 0.5) is 0 Å². The molecule has 0 heterocycles. The Hall–Kier alpha value is -1.36. The summed E-state index contributed by atoms with van der Waals surface area (Å²) in [6.45, 7) is 8.25. The maximum atomic E-state index is 13.1. The van der Waals surface area contributed by atoms with E-state index in [9.17, 15) is 13.2 Å². The van der Waals surface area contributed by atoms with Gasteiger partial charge in [0.05, 0.1) is 4.90 Å². The molecule has 0 aliphatic heterocycles. The van der Waals surface area contributed by atoms with Gasteiger partial charge in [-0.2, -0.15) is 0 Å². The fraction of sp³-hybridized carbons (Fsp3) is 0.611. The van der Waals surface area contributed by atoms with Gasteiger partial charge < -0.3 is 4.90 Å². The van der Waals surface area contributed by atoms with Crippen LogP contribution >= 0.6 is 0 Å². The predicted molar refractivity (Wildman–Crippen MR) is 92.4 cm³/mol. The SMILES string of the molecule is CCC(C)C(C)N(C(=O)c1cc(S(C)(=O)=O)ccc1C)C1CC1. The van der Waals surface area contributed by atoms with Crippen LogP contribution in [0.5, 0.6) is 0 Å². The summed E-state index contributed by atoms with van der Waals surface area (Å²) in [5, 5.41) is 0. The van der Waals surface area contributed by atoms with Gasteiger partial charge in [0, 0.05) is 23.9 Å². The maximum Gasteiger partial charge on any atom is 0.254 e. The number of hydrogen-bond acceptors (Lipinski definition) is 3. The third-order valence-electron chi connectivity index (χ3n) is 4.95. The van der Waals surface area contributed by atoms with Gasteiger partial charge in [-0.15, -0.1) is 0 Å². The van der Waals surface area contributed by atoms with Crippen LogP contribution in [0.2, 0.25) is 0 Å². The van der Waals surface area contributed by atoms with Gasteiger partial charge in [-0.1, -0.05) is 26.3 Å². The van der Waals surface area contributed by atoms with Crippen LogP contribution < -0.4 is 0 Å². The molecule has 0 N–H and O–H groups in total. The molecule has 2 atom stereocenters. The Morgan fingerprint density at radius 2 is 1.91 bits per heavy atom. The van der Waals surface area contributed by atoms with Crippen molar-refractivity contribution < 1.29 is 13.2 Å². The number of amides is 1. The standard InChI is InChI=1S/C18H27NO3S/c1-6-12(2)14(4)19(15-8-9-15)18(20)17-11-16(23(5,21)22)10-7-13(17)3/h7,10-12,14-15H,6,8-9H2,1-5H3. The van der Waals surface area contributed by atoms with Crippen LogP contribution in [0.25, 0.3) is 0 Å². The van der Waals surface area contributed by atoms with Crippen molar-refractivity contribution >= 4 is 15.7 Å². The first-order valence-corrected chi connectivity index (χ1v) is 10.2. The van der Waals surface area contributed by atoms with Gasteiger partial charge in [0.25, 0.3) is 5.91 Å². The van der Waals surface area contributed by atoms with Gasteiger partial charge in [-0.25, -0.2) is 8.42 Å². The van der Waals surface area contributed by atoms with E-state index in [1.807, 2.05) is 11.8 Å². The molecule has 0 spiro atoms. The average Bonchev–Trinajstić information content (AvgIpc) is 3.30. The third kappa shape index (κ3) is 3.94. The molecule has 1 amide bonds. The van der Waals surface area contributed by atoms with Crippen molar-refractivity contribution in [3.8, 4) is 0 Å². The molecule has 1 aliphatic carbocycles. The van der Waals surface area contributed by atoms with Crippen molar-refractivity contribution in [2.24, 2.45) is 5.92 Å². The molecule has 2 rings (SSSR count). The van der Waals surface area contributed by atoms with Gasteiger partial charge in [0.15, 0.2) is 9.84 Å². The van der Waals surface area contributed by atoms with E-state index in [1.54, 1.807) is 12.1 Å². The molecular formula is C18H27NO3S. The van der Waals surface area contributed by atoms with Crippen LogP contribution in [0.15, 0.2) is 23.1 Å². The highest BCUT2D eigenvalue weighted by Gasteiger charge is 2.38. The van der Waals surface area contributed by atoms with Crippen LogP contribution in [0, 0.1) is 12.8 Å². The van der Waals surface area contributed by atoms with E-state index in [2.05, 4.69) is 20.8 Å². The molecule has 0 saturated heterocycles. The number of hydrogen-bond donors (Lipinski definition) is 0. The van der Waals surface area contributed by atoms with Crippen LogP contribution in [-0.2, 0) is 9.84 Å². The Kier molecular flexibility index (Phi) is 5.19. The number of carbonyl (C=O) groups excluding carboxylic acids is 1. The molecule has 23 heavy (non-hydrogen) atoms. The summed E-state index contributed by atoms with van der Waals surface area (Å²) in [7, 11) is -3.32. The molecule has 2 unspecified atom stereocenters. The van der Waals surface area contributed by atoms with Crippen LogP contribution in [0.1, 0.15) is 56.0 Å². The van der Waals surface area contributed by atoms with Crippen molar-refractivity contribution in [3.05, 3.63) is 29.3 Å². The van der Waals surface area contributed by atoms with Gasteiger partial charge >= 0.3 is 0 Å². The summed E-state index contributed by atoms with van der Waals surface area (Å²) in [6, 6.07) is 5.28. The fourth-order valence-electron chi connectivity index (χ4n) is 2.85. The Bertz CT molecular complexity index is 692. The molecule has 1 fully saturated rings. The second-order valence-corrected chi connectivity index (χ2v) is 8.83. The van der Waals surface area contributed by atoms with Gasteiger partial charge in [-0.3, -0.25) is 4.79 Å². The van der Waals surface area contributed by atoms with E-state index in [4.69, 9.17) is 0 Å². The topological polar surface area (TPSA) is 54.5 Å². The number of sulfone groups is 1. The quantitative estimate of drug-likeness (QED) is 0.799. The van der Waals surface area contributed by atoms with Crippen molar-refractivity contribution in [2.75, 3.05) is 6.26 Å². The normalized spacial score (nSPS) is 17.6. The average molecular weight is 337 g/mol. The van der Waals surface area contributed by atoms with Gasteiger partial charge in [0.1, 0.15) is 0 Å². The summed E-state index contributed by atoms with van der Waals surface area (Å²) in [4.78, 5) is 15.3. The summed E-state index contributed by atoms with van der Waals surface area (Å²) in [6.07, 6.45) is 4.26. The number of benzene rings is 1. The Morgan fingerprint density at radius 3 is 2.39 bits per heavy atom. The Morgan fingerprint density at radius 1 is 1.30 bits per heavy atom. The monoisotopic (exact) mass is 337 g/mol. The van der Waals surface area contributed by atoms with E-state index >= 15 is 0 Å². The minimum absolute atomic E-state index is 0.0386. The van der Waals surface area contributed by atoms with E-state index in [1.165, 1.54) is 12.3 Å². The molecule has 0 bridgehead atoms. The largest absolute Gasteiger partial charge is 0.333 e. The minimum atomic E-state index is -3.32. The van der Waals surface area contributed by atoms with E-state index in [0.717, 1.165) is 24.8 Å². The van der Waals surface area contributed by atoms with Crippen LogP contribution in [0.3, 0.4) is 0 Å². The van der Waals surface area contributed by atoms with E-state index in [0.29, 0.717) is 17.5 Å². The smallest absolute Gasteiger partial charge is 0.254 e. The molecular weight excluding hydrogens is 310 g/mol. The number of aryl methyl sites for hydroxylation is 1. The predicted octanol–water partition coefficient (Wildman–Crippen LogP) is 3.44. The Balaban J connectivity index is 2.41. The molecule has 0 aromatic heterocycles. The first-order valence-electron chi connectivity index (χ1n) is 8.30. The first kappa shape index (κ1) is 18.0. The molecule has 1 aromatic rings. The zero-order valence-corrected chi connectivity index (χ0v) is 15.5. The van der Waals surface area contributed by atoms with Crippen molar-refractivity contribution in [1.29, 1.82) is 0 Å². The summed E-state index contributed by atoms with van der Waals surface area (Å²) >= 11 is 0. The molecule has 4 nitrogen and oxygen atoms in total. The highest BCUT2D eigenvalue weighted by Crippen LogP contribution is 2.33. The van der Waals surface area contributed by atoms with Crippen molar-refractivity contribution in [1.82, 2.24) is 4.90 Å². The van der Waals surface area contributed by atoms with E-state index in [-0.39, 0.29) is 16.8 Å². The second kappa shape index (κ2) is 6.63. The molecule has 1 aliphatic rings. The lowest BCUT2D eigenvalue weighted by atomic mass is 9.97. The molecule has 128 valence electrons. The molecule has 5 heteroatoms. The van der Waals surface area contributed by atoms with Gasteiger partial charge in [0.2, 0.25) is 0 Å². The number of carbonyl (C=O) groups is 1. The summed E-state index contributed by atoms with van der Waals surface area (Å²) in [5.74, 6) is 0.376. The minimum Gasteiger partial charge on any atom is -0.333 e. The maximum absolute atomic E-state index is 13.1. The second-order valence-electron chi connectivity index (χ2n) is 6.82. The highest BCUT2D eigenvalue weighted by atomic mass is 32.2. The van der Waals surface area contributed by atoms with Gasteiger partial charge in [-0.05, 0) is 50.3 Å². The third-order valence-corrected chi connectivity index (χ3v) is 6.06. The number of nitrogens with zero attached hydrogens (tertiary/aromatic N) is 1. The zero-order chi connectivity index (χ0) is 17.4. The lowest BCUT2D eigenvalue weighted by Gasteiger charge is -2.33. The lowest BCUT2D eigenvalue weighted by Crippen LogP contribution is -2.43. The number of rotatable bonds is 6. The lowest BCUT2D eigenvalue weighted by molar-refractivity contribution is 0.0614. The summed E-state index contributed by atoms with van der Waals surface area (Å²) < 4.78 is 23.6. The zero-order valence-electron chi connectivity index (χ0n) is 14.7. The molecule has 1 aromatic carbocycles. The molecule has 0 radical (unpaired) electrons. The highest BCUT2D eigenvalue weighted by molar-refractivity contribution is 7.90. The Labute approximate surface area is 139 Å². The van der Waals surface area contributed by atoms with Crippen molar-refractivity contribution in [3.63, 3.8) is 0 Å². The van der Waals surface area contributed by atoms with Crippen LogP contribution in [-0.4, -0.2) is 37.6 Å². The first-order chi connectivity index (χ1) is 10.7. The van der Waals surface area contributed by atoms with Crippen molar-refractivity contribution in [2.45, 2.75) is 63.9 Å². The van der Waals surface area contributed by atoms with E-state index < -0.39 is 9.84 Å². The summed E-state index contributed by atoms with van der Waals surface area (Å²) in [5.41, 5.74) is 1.33. The molecule has 1 saturated carbocycles.